The highest BCUT2D eigenvalue weighted by molar-refractivity contribution is 7.80. The van der Waals surface area contributed by atoms with Gasteiger partial charge in [-0.3, -0.25) is 0 Å². The lowest BCUT2D eigenvalue weighted by Crippen LogP contribution is -2.36. The van der Waals surface area contributed by atoms with Crippen molar-refractivity contribution in [3.05, 3.63) is 70.8 Å². The molecule has 0 spiro atoms. The van der Waals surface area contributed by atoms with Crippen LogP contribution in [0.2, 0.25) is 0 Å². The molecule has 2 aromatic carbocycles. The van der Waals surface area contributed by atoms with Gasteiger partial charge in [-0.05, 0) is 47.8 Å². The second-order valence-electron chi connectivity index (χ2n) is 5.87. The summed E-state index contributed by atoms with van der Waals surface area (Å²) in [6.45, 7) is 4.38. The Kier molecular flexibility index (Phi) is 5.26. The molecule has 0 bridgehead atoms. The number of rotatable bonds is 4. The molecule has 0 saturated heterocycles. The Morgan fingerprint density at radius 3 is 2.83 bits per heavy atom. The van der Waals surface area contributed by atoms with Crippen LogP contribution in [-0.4, -0.2) is 11.7 Å². The Balaban J connectivity index is 1.53. The van der Waals surface area contributed by atoms with Gasteiger partial charge < -0.3 is 15.4 Å². The van der Waals surface area contributed by atoms with Crippen molar-refractivity contribution in [2.45, 2.75) is 32.5 Å². The first-order valence-electron chi connectivity index (χ1n) is 8.00. The van der Waals surface area contributed by atoms with Crippen molar-refractivity contribution >= 4 is 17.3 Å². The zero-order valence-electron chi connectivity index (χ0n) is 13.3. The van der Waals surface area contributed by atoms with Gasteiger partial charge >= 0.3 is 0 Å². The Morgan fingerprint density at radius 2 is 2.00 bits per heavy atom. The minimum Gasteiger partial charge on any atom is -0.376 e. The molecular formula is C19H22N2OS. The van der Waals surface area contributed by atoms with Crippen molar-refractivity contribution in [3.8, 4) is 0 Å². The molecule has 1 unspecified atom stereocenters. The maximum atomic E-state index is 5.52. The molecule has 0 saturated carbocycles. The average molecular weight is 326 g/mol. The van der Waals surface area contributed by atoms with Crippen LogP contribution in [0.1, 0.15) is 35.2 Å². The summed E-state index contributed by atoms with van der Waals surface area (Å²) in [6, 6.07) is 17.1. The normalized spacial score (nSPS) is 14.7. The molecule has 3 rings (SSSR count). The van der Waals surface area contributed by atoms with E-state index >= 15 is 0 Å². The van der Waals surface area contributed by atoms with E-state index in [9.17, 15) is 0 Å². The predicted octanol–water partition coefficient (Wildman–Crippen LogP) is 3.48. The van der Waals surface area contributed by atoms with Crippen LogP contribution in [0.15, 0.2) is 48.5 Å². The first-order valence-corrected chi connectivity index (χ1v) is 8.41. The van der Waals surface area contributed by atoms with Gasteiger partial charge in [0.05, 0.1) is 19.3 Å². The number of hydrogen-bond donors (Lipinski definition) is 2. The number of ether oxygens (including phenoxy) is 1. The molecule has 23 heavy (non-hydrogen) atoms. The Bertz CT molecular complexity index is 672. The van der Waals surface area contributed by atoms with Crippen molar-refractivity contribution < 1.29 is 4.74 Å². The minimum absolute atomic E-state index is 0.188. The molecule has 0 amide bonds. The van der Waals surface area contributed by atoms with E-state index < -0.39 is 0 Å². The topological polar surface area (TPSA) is 33.3 Å². The molecule has 2 aromatic rings. The van der Waals surface area contributed by atoms with Crippen LogP contribution in [0.5, 0.6) is 0 Å². The van der Waals surface area contributed by atoms with Gasteiger partial charge in [0.1, 0.15) is 0 Å². The molecule has 4 heteroatoms. The van der Waals surface area contributed by atoms with Gasteiger partial charge in [-0.25, -0.2) is 0 Å². The van der Waals surface area contributed by atoms with Crippen LogP contribution in [-0.2, 0) is 24.3 Å². The van der Waals surface area contributed by atoms with E-state index in [4.69, 9.17) is 17.0 Å². The fourth-order valence-corrected chi connectivity index (χ4v) is 3.04. The highest BCUT2D eigenvalue weighted by Gasteiger charge is 2.10. The zero-order valence-corrected chi connectivity index (χ0v) is 14.2. The van der Waals surface area contributed by atoms with Gasteiger partial charge in [-0.1, -0.05) is 48.5 Å². The van der Waals surface area contributed by atoms with E-state index in [0.29, 0.717) is 5.11 Å². The summed E-state index contributed by atoms with van der Waals surface area (Å²) in [4.78, 5) is 0. The number of nitrogens with one attached hydrogen (secondary N) is 2. The number of thiocarbonyl (C=S) groups is 1. The monoisotopic (exact) mass is 326 g/mol. The molecular weight excluding hydrogens is 304 g/mol. The van der Waals surface area contributed by atoms with E-state index in [1.165, 1.54) is 22.3 Å². The van der Waals surface area contributed by atoms with E-state index in [1.807, 2.05) is 18.2 Å². The summed E-state index contributed by atoms with van der Waals surface area (Å²) in [6.07, 6.45) is 1.01. The van der Waals surface area contributed by atoms with Crippen LogP contribution in [0.25, 0.3) is 0 Å². The third-order valence-electron chi connectivity index (χ3n) is 4.14. The van der Waals surface area contributed by atoms with Crippen molar-refractivity contribution in [1.82, 2.24) is 10.6 Å². The quantitative estimate of drug-likeness (QED) is 0.843. The Labute approximate surface area is 143 Å². The molecule has 2 N–H and O–H groups in total. The maximum Gasteiger partial charge on any atom is 0.167 e. The van der Waals surface area contributed by atoms with E-state index in [-0.39, 0.29) is 6.04 Å². The van der Waals surface area contributed by atoms with Gasteiger partial charge in [-0.15, -0.1) is 0 Å². The van der Waals surface area contributed by atoms with E-state index in [1.54, 1.807) is 0 Å². The standard InChI is InChI=1S/C19H22N2OS/c1-14(16-5-3-2-4-6-16)21-19(23)20-12-15-7-8-17-9-10-22-13-18(17)11-15/h2-8,11,14H,9-10,12-13H2,1H3,(H2,20,21,23). The second-order valence-corrected chi connectivity index (χ2v) is 6.27. The fraction of sp³-hybridized carbons (Fsp3) is 0.316. The minimum atomic E-state index is 0.188. The van der Waals surface area contributed by atoms with Crippen molar-refractivity contribution in [3.63, 3.8) is 0 Å². The maximum absolute atomic E-state index is 5.52. The molecule has 0 aromatic heterocycles. The molecule has 1 heterocycles. The summed E-state index contributed by atoms with van der Waals surface area (Å²) in [5, 5.41) is 7.29. The molecule has 120 valence electrons. The van der Waals surface area contributed by atoms with Crippen LogP contribution in [0.4, 0.5) is 0 Å². The summed E-state index contributed by atoms with van der Waals surface area (Å²) < 4.78 is 5.52. The summed E-state index contributed by atoms with van der Waals surface area (Å²) in [7, 11) is 0. The van der Waals surface area contributed by atoms with Gasteiger partial charge in [0, 0.05) is 6.54 Å². The molecule has 0 radical (unpaired) electrons. The SMILES string of the molecule is CC(NC(=S)NCc1ccc2c(c1)COCC2)c1ccccc1. The molecule has 0 aliphatic carbocycles. The largest absolute Gasteiger partial charge is 0.376 e. The van der Waals surface area contributed by atoms with Crippen LogP contribution in [0.3, 0.4) is 0 Å². The first-order chi connectivity index (χ1) is 11.2. The zero-order chi connectivity index (χ0) is 16.1. The van der Waals surface area contributed by atoms with E-state index in [2.05, 4.69) is 47.9 Å². The fourth-order valence-electron chi connectivity index (χ4n) is 2.79. The van der Waals surface area contributed by atoms with Gasteiger partial charge in [0.2, 0.25) is 0 Å². The van der Waals surface area contributed by atoms with E-state index in [0.717, 1.165) is 26.2 Å². The van der Waals surface area contributed by atoms with Gasteiger partial charge in [-0.2, -0.15) is 0 Å². The Morgan fingerprint density at radius 1 is 1.17 bits per heavy atom. The highest BCUT2D eigenvalue weighted by atomic mass is 32.1. The summed E-state index contributed by atoms with van der Waals surface area (Å²) in [5.41, 5.74) is 5.15. The van der Waals surface area contributed by atoms with Gasteiger partial charge in [0.25, 0.3) is 0 Å². The first kappa shape index (κ1) is 16.0. The molecule has 1 aliphatic heterocycles. The van der Waals surface area contributed by atoms with Crippen molar-refractivity contribution in [1.29, 1.82) is 0 Å². The van der Waals surface area contributed by atoms with Crippen LogP contribution >= 0.6 is 12.2 Å². The second kappa shape index (κ2) is 7.57. The number of hydrogen-bond acceptors (Lipinski definition) is 2. The molecule has 1 aliphatic rings. The molecule has 3 nitrogen and oxygen atoms in total. The van der Waals surface area contributed by atoms with Crippen LogP contribution in [0, 0.1) is 0 Å². The number of fused-ring (bicyclic) bond motifs is 1. The lowest BCUT2D eigenvalue weighted by molar-refractivity contribution is 0.110. The van der Waals surface area contributed by atoms with Crippen molar-refractivity contribution in [2.75, 3.05) is 6.61 Å². The third kappa shape index (κ3) is 4.30. The van der Waals surface area contributed by atoms with Crippen molar-refractivity contribution in [2.24, 2.45) is 0 Å². The third-order valence-corrected chi connectivity index (χ3v) is 4.41. The molecule has 0 fully saturated rings. The summed E-state index contributed by atoms with van der Waals surface area (Å²) in [5.74, 6) is 0. The van der Waals surface area contributed by atoms with Gasteiger partial charge in [0.15, 0.2) is 5.11 Å². The predicted molar refractivity (Wildman–Crippen MR) is 97.2 cm³/mol. The summed E-state index contributed by atoms with van der Waals surface area (Å²) >= 11 is 5.40. The Hall–Kier alpha value is -1.91. The molecule has 1 atom stereocenters. The lowest BCUT2D eigenvalue weighted by Gasteiger charge is -2.19. The lowest BCUT2D eigenvalue weighted by atomic mass is 10.0. The highest BCUT2D eigenvalue weighted by Crippen LogP contribution is 2.18. The number of benzene rings is 2. The van der Waals surface area contributed by atoms with Crippen LogP contribution < -0.4 is 10.6 Å². The smallest absolute Gasteiger partial charge is 0.167 e. The average Bonchev–Trinajstić information content (AvgIpc) is 2.60.